The van der Waals surface area contributed by atoms with Crippen molar-refractivity contribution in [2.24, 2.45) is 7.05 Å². The number of nitrogens with zero attached hydrogens (tertiary/aromatic N) is 1. The van der Waals surface area contributed by atoms with E-state index in [2.05, 4.69) is 17.4 Å². The zero-order valence-electron chi connectivity index (χ0n) is 18.6. The van der Waals surface area contributed by atoms with Crippen LogP contribution < -0.4 is 10.9 Å². The Morgan fingerprint density at radius 3 is 2.38 bits per heavy atom. The predicted molar refractivity (Wildman–Crippen MR) is 130 cm³/mol. The minimum Gasteiger partial charge on any atom is -0.478 e. The number of rotatable bonds is 5. The van der Waals surface area contributed by atoms with Gasteiger partial charge in [-0.05, 0) is 67.1 Å². The normalized spacial score (nSPS) is 12.0. The lowest BCUT2D eigenvalue weighted by molar-refractivity contribution is 0.0698. The van der Waals surface area contributed by atoms with E-state index in [1.54, 1.807) is 29.8 Å². The first kappa shape index (κ1) is 21.4. The molecule has 32 heavy (non-hydrogen) atoms. The molecule has 0 aliphatic heterocycles. The van der Waals surface area contributed by atoms with E-state index < -0.39 is 5.97 Å². The Balaban J connectivity index is 1.91. The third-order valence-corrected chi connectivity index (χ3v) is 5.95. The summed E-state index contributed by atoms with van der Waals surface area (Å²) in [6, 6.07) is 20.7. The van der Waals surface area contributed by atoms with Crippen LogP contribution in [0, 0.1) is 13.8 Å². The maximum atomic E-state index is 13.3. The molecule has 0 saturated carbocycles. The number of aryl methyl sites for hydroxylation is 2. The first-order chi connectivity index (χ1) is 15.3. The fraction of sp³-hybridized carbons (Fsp3) is 0.185. The van der Waals surface area contributed by atoms with Gasteiger partial charge in [-0.1, -0.05) is 42.5 Å². The van der Waals surface area contributed by atoms with Crippen molar-refractivity contribution in [3.63, 3.8) is 0 Å². The molecule has 0 saturated heterocycles. The highest BCUT2D eigenvalue weighted by atomic mass is 16.4. The average molecular weight is 427 g/mol. The van der Waals surface area contributed by atoms with Crippen LogP contribution in [0.3, 0.4) is 0 Å². The summed E-state index contributed by atoms with van der Waals surface area (Å²) in [4.78, 5) is 25.0. The quantitative estimate of drug-likeness (QED) is 0.430. The Hall–Kier alpha value is -3.86. The van der Waals surface area contributed by atoms with Gasteiger partial charge in [0.25, 0.3) is 5.56 Å². The molecule has 1 aromatic heterocycles. The molecule has 0 bridgehead atoms. The Bertz CT molecular complexity index is 1400. The molecule has 3 aromatic carbocycles. The fourth-order valence-corrected chi connectivity index (χ4v) is 4.27. The molecule has 2 N–H and O–H groups in total. The van der Waals surface area contributed by atoms with Gasteiger partial charge < -0.3 is 15.0 Å². The number of nitrogens with one attached hydrogen (secondary N) is 1. The number of aromatic nitrogens is 1. The second kappa shape index (κ2) is 8.35. The lowest BCUT2D eigenvalue weighted by Crippen LogP contribution is -2.20. The number of carboxylic acids is 1. The summed E-state index contributed by atoms with van der Waals surface area (Å²) >= 11 is 0. The van der Waals surface area contributed by atoms with Crippen molar-refractivity contribution < 1.29 is 9.90 Å². The van der Waals surface area contributed by atoms with E-state index in [0.717, 1.165) is 33.3 Å². The van der Waals surface area contributed by atoms with Crippen molar-refractivity contribution in [3.05, 3.63) is 99.3 Å². The Morgan fingerprint density at radius 2 is 1.66 bits per heavy atom. The number of carbonyl (C=O) groups is 1. The van der Waals surface area contributed by atoms with E-state index in [4.69, 9.17) is 0 Å². The average Bonchev–Trinajstić information content (AvgIpc) is 2.77. The molecule has 1 atom stereocenters. The van der Waals surface area contributed by atoms with Gasteiger partial charge in [-0.15, -0.1) is 0 Å². The van der Waals surface area contributed by atoms with Gasteiger partial charge in [0.05, 0.1) is 11.3 Å². The van der Waals surface area contributed by atoms with Gasteiger partial charge in [-0.3, -0.25) is 4.79 Å². The molecule has 0 radical (unpaired) electrons. The molecule has 0 aliphatic carbocycles. The van der Waals surface area contributed by atoms with Crippen LogP contribution in [0.15, 0.2) is 71.5 Å². The fourth-order valence-electron chi connectivity index (χ4n) is 4.27. The second-order valence-corrected chi connectivity index (χ2v) is 8.24. The summed E-state index contributed by atoms with van der Waals surface area (Å²) in [6.07, 6.45) is 0. The number of fused-ring (bicyclic) bond motifs is 1. The Kier molecular flexibility index (Phi) is 5.57. The third kappa shape index (κ3) is 3.78. The van der Waals surface area contributed by atoms with Gasteiger partial charge in [0.1, 0.15) is 0 Å². The highest BCUT2D eigenvalue weighted by Crippen LogP contribution is 2.31. The van der Waals surface area contributed by atoms with Crippen LogP contribution in [0.1, 0.15) is 40.0 Å². The number of pyridine rings is 1. The van der Waals surface area contributed by atoms with Crippen LogP contribution in [0.5, 0.6) is 0 Å². The zero-order valence-corrected chi connectivity index (χ0v) is 18.6. The maximum absolute atomic E-state index is 13.3. The SMILES string of the molecule is Cc1cc(C(C)Nc2ccccc2C(=O)O)c2cc(-c3ccccc3C)n(C)c(=O)c2c1. The van der Waals surface area contributed by atoms with Crippen LogP contribution in [-0.2, 0) is 7.05 Å². The molecule has 1 unspecified atom stereocenters. The molecule has 5 nitrogen and oxygen atoms in total. The van der Waals surface area contributed by atoms with Gasteiger partial charge in [-0.2, -0.15) is 0 Å². The van der Waals surface area contributed by atoms with E-state index >= 15 is 0 Å². The van der Waals surface area contributed by atoms with Crippen molar-refractivity contribution in [1.29, 1.82) is 0 Å². The van der Waals surface area contributed by atoms with E-state index in [0.29, 0.717) is 11.1 Å². The number of para-hydroxylation sites is 1. The van der Waals surface area contributed by atoms with Crippen LogP contribution in [0.4, 0.5) is 5.69 Å². The maximum Gasteiger partial charge on any atom is 0.337 e. The monoisotopic (exact) mass is 426 g/mol. The first-order valence-electron chi connectivity index (χ1n) is 10.6. The van der Waals surface area contributed by atoms with Gasteiger partial charge in [0.15, 0.2) is 0 Å². The Labute approximate surface area is 187 Å². The number of benzene rings is 3. The third-order valence-electron chi connectivity index (χ3n) is 5.95. The number of anilines is 1. The molecule has 0 aliphatic rings. The molecular formula is C27H26N2O3. The summed E-state index contributed by atoms with van der Waals surface area (Å²) in [7, 11) is 1.80. The van der Waals surface area contributed by atoms with E-state index in [1.165, 1.54) is 0 Å². The van der Waals surface area contributed by atoms with Crippen LogP contribution in [-0.4, -0.2) is 15.6 Å². The molecule has 4 rings (SSSR count). The summed E-state index contributed by atoms with van der Waals surface area (Å²) in [5.74, 6) is -0.981. The standard InChI is InChI=1S/C27H26N2O3/c1-16-13-21(18(3)28-24-12-8-7-11-20(24)27(31)32)22-15-25(19-10-6-5-9-17(19)2)29(4)26(30)23(22)14-16/h5-15,18,28H,1-4H3,(H,31,32). The van der Waals surface area contributed by atoms with Crippen LogP contribution in [0.2, 0.25) is 0 Å². The minimum absolute atomic E-state index is 0.0520. The van der Waals surface area contributed by atoms with Crippen molar-refractivity contribution >= 4 is 22.4 Å². The largest absolute Gasteiger partial charge is 0.478 e. The highest BCUT2D eigenvalue weighted by Gasteiger charge is 2.18. The smallest absolute Gasteiger partial charge is 0.337 e. The first-order valence-corrected chi connectivity index (χ1v) is 10.6. The van der Waals surface area contributed by atoms with Crippen LogP contribution >= 0.6 is 0 Å². The van der Waals surface area contributed by atoms with E-state index in [-0.39, 0.29) is 17.2 Å². The summed E-state index contributed by atoms with van der Waals surface area (Å²) in [5, 5.41) is 14.4. The van der Waals surface area contributed by atoms with Gasteiger partial charge >= 0.3 is 5.97 Å². The highest BCUT2D eigenvalue weighted by molar-refractivity contribution is 5.94. The second-order valence-electron chi connectivity index (χ2n) is 8.24. The molecule has 4 aromatic rings. The number of carboxylic acid groups (broad SMARTS) is 1. The van der Waals surface area contributed by atoms with Gasteiger partial charge in [0.2, 0.25) is 0 Å². The number of hydrogen-bond donors (Lipinski definition) is 2. The lowest BCUT2D eigenvalue weighted by Gasteiger charge is -2.21. The van der Waals surface area contributed by atoms with Crippen molar-refractivity contribution in [3.8, 4) is 11.3 Å². The van der Waals surface area contributed by atoms with E-state index in [9.17, 15) is 14.7 Å². The van der Waals surface area contributed by atoms with Crippen LogP contribution in [0.25, 0.3) is 22.0 Å². The molecule has 1 heterocycles. The Morgan fingerprint density at radius 1 is 0.969 bits per heavy atom. The summed E-state index contributed by atoms with van der Waals surface area (Å²) in [6.45, 7) is 5.99. The van der Waals surface area contributed by atoms with Crippen molar-refractivity contribution in [2.45, 2.75) is 26.8 Å². The number of hydrogen-bond acceptors (Lipinski definition) is 3. The van der Waals surface area contributed by atoms with Crippen molar-refractivity contribution in [2.75, 3.05) is 5.32 Å². The predicted octanol–water partition coefficient (Wildman–Crippen LogP) is 5.69. The zero-order chi connectivity index (χ0) is 23.0. The number of aromatic carboxylic acids is 1. The molecule has 162 valence electrons. The molecule has 5 heteroatoms. The molecule has 0 fully saturated rings. The summed E-state index contributed by atoms with van der Waals surface area (Å²) in [5.41, 5.74) is 5.60. The van der Waals surface area contributed by atoms with Crippen molar-refractivity contribution in [1.82, 2.24) is 4.57 Å². The summed E-state index contributed by atoms with van der Waals surface area (Å²) < 4.78 is 1.70. The molecule has 0 amide bonds. The topological polar surface area (TPSA) is 71.3 Å². The lowest BCUT2D eigenvalue weighted by atomic mass is 9.95. The van der Waals surface area contributed by atoms with E-state index in [1.807, 2.05) is 57.2 Å². The molecule has 0 spiro atoms. The minimum atomic E-state index is -0.981. The molecular weight excluding hydrogens is 400 g/mol. The van der Waals surface area contributed by atoms with Gasteiger partial charge in [0, 0.05) is 29.7 Å². The van der Waals surface area contributed by atoms with Gasteiger partial charge in [-0.25, -0.2) is 4.79 Å².